The molecule has 0 aromatic heterocycles. The minimum Gasteiger partial charge on any atom is -0.317 e. The normalized spacial score (nSPS) is 17.1. The average Bonchev–Trinajstić information content (AvgIpc) is 2.83. The van der Waals surface area contributed by atoms with E-state index >= 15 is 0 Å². The molecule has 3 aromatic rings. The molecule has 2 N–H and O–H groups in total. The van der Waals surface area contributed by atoms with Gasteiger partial charge in [0.15, 0.2) is 4.87 Å². The average molecular weight is 457 g/mol. The van der Waals surface area contributed by atoms with Gasteiger partial charge in [0.1, 0.15) is 11.6 Å². The zero-order valence-electron chi connectivity index (χ0n) is 17.6. The second-order valence-corrected chi connectivity index (χ2v) is 10.2. The van der Waals surface area contributed by atoms with Gasteiger partial charge in [-0.15, -0.1) is 0 Å². The molecule has 1 saturated heterocycles. The first-order chi connectivity index (χ1) is 15.4. The van der Waals surface area contributed by atoms with E-state index in [1.165, 1.54) is 24.3 Å². The van der Waals surface area contributed by atoms with E-state index in [1.54, 1.807) is 54.6 Å². The fraction of sp³-hybridized carbons (Fsp3) is 0.280. The highest BCUT2D eigenvalue weighted by molar-refractivity contribution is 7.92. The van der Waals surface area contributed by atoms with Gasteiger partial charge in [-0.25, -0.2) is 17.2 Å². The van der Waals surface area contributed by atoms with E-state index in [2.05, 4.69) is 10.6 Å². The van der Waals surface area contributed by atoms with E-state index in [4.69, 9.17) is 0 Å². The Morgan fingerprint density at radius 3 is 2.00 bits per heavy atom. The van der Waals surface area contributed by atoms with Crippen LogP contribution in [0.15, 0.2) is 83.8 Å². The molecule has 0 saturated carbocycles. The maximum atomic E-state index is 14.3. The van der Waals surface area contributed by atoms with Crippen LogP contribution >= 0.6 is 0 Å². The van der Waals surface area contributed by atoms with Gasteiger partial charge in [-0.2, -0.15) is 0 Å². The molecule has 4 rings (SSSR count). The Morgan fingerprint density at radius 1 is 0.844 bits per heavy atom. The van der Waals surface area contributed by atoms with Crippen molar-refractivity contribution in [3.8, 4) is 0 Å². The van der Waals surface area contributed by atoms with Crippen LogP contribution in [0, 0.1) is 17.6 Å². The van der Waals surface area contributed by atoms with E-state index in [0.29, 0.717) is 31.5 Å². The maximum Gasteiger partial charge on any atom is 0.201 e. The molecule has 1 unspecified atom stereocenters. The van der Waals surface area contributed by atoms with E-state index < -0.39 is 20.5 Å². The molecule has 0 amide bonds. The number of rotatable bonds is 7. The minimum absolute atomic E-state index is 0.203. The monoisotopic (exact) mass is 456 g/mol. The lowest BCUT2D eigenvalue weighted by molar-refractivity contribution is 0.238. The Kier molecular flexibility index (Phi) is 6.69. The van der Waals surface area contributed by atoms with Crippen LogP contribution in [-0.4, -0.2) is 21.5 Å². The van der Waals surface area contributed by atoms with Gasteiger partial charge in [0.25, 0.3) is 0 Å². The lowest BCUT2D eigenvalue weighted by atomic mass is 9.85. The van der Waals surface area contributed by atoms with Crippen LogP contribution in [0.4, 0.5) is 8.78 Å². The van der Waals surface area contributed by atoms with Crippen LogP contribution in [0.2, 0.25) is 0 Å². The molecule has 0 bridgehead atoms. The summed E-state index contributed by atoms with van der Waals surface area (Å²) < 4.78 is 55.8. The fourth-order valence-electron chi connectivity index (χ4n) is 4.50. The zero-order valence-corrected chi connectivity index (χ0v) is 18.4. The van der Waals surface area contributed by atoms with Gasteiger partial charge in [-0.05, 0) is 79.4 Å². The number of hydrogen-bond donors (Lipinski definition) is 2. The summed E-state index contributed by atoms with van der Waals surface area (Å²) in [6, 6.07) is 20.0. The SMILES string of the molecule is O=S(=O)(c1ccccc1)C(NCc1ccc(F)cc1)(c1ccc(F)cc1)C1CCNCC1. The van der Waals surface area contributed by atoms with E-state index in [0.717, 1.165) is 5.56 Å². The Morgan fingerprint density at radius 2 is 1.41 bits per heavy atom. The first-order valence-electron chi connectivity index (χ1n) is 10.7. The van der Waals surface area contributed by atoms with Crippen molar-refractivity contribution in [1.29, 1.82) is 0 Å². The summed E-state index contributed by atoms with van der Waals surface area (Å²) in [4.78, 5) is -1.27. The van der Waals surface area contributed by atoms with Crippen molar-refractivity contribution in [2.45, 2.75) is 29.2 Å². The summed E-state index contributed by atoms with van der Waals surface area (Å²) in [7, 11) is -3.94. The number of sulfone groups is 1. The van der Waals surface area contributed by atoms with Crippen molar-refractivity contribution in [3.05, 3.63) is 102 Å². The second-order valence-electron chi connectivity index (χ2n) is 8.06. The van der Waals surface area contributed by atoms with Crippen molar-refractivity contribution in [3.63, 3.8) is 0 Å². The predicted octanol–water partition coefficient (Wildman–Crippen LogP) is 4.38. The molecule has 0 aliphatic carbocycles. The molecular weight excluding hydrogens is 430 g/mol. The molecule has 0 spiro atoms. The molecule has 1 aliphatic heterocycles. The molecule has 0 radical (unpaired) electrons. The highest BCUT2D eigenvalue weighted by Gasteiger charge is 2.52. The number of hydrogen-bond acceptors (Lipinski definition) is 4. The van der Waals surface area contributed by atoms with Crippen LogP contribution in [-0.2, 0) is 21.3 Å². The van der Waals surface area contributed by atoms with E-state index in [9.17, 15) is 17.2 Å². The van der Waals surface area contributed by atoms with Gasteiger partial charge in [0.05, 0.1) is 4.90 Å². The van der Waals surface area contributed by atoms with Gasteiger partial charge in [-0.1, -0.05) is 42.5 Å². The van der Waals surface area contributed by atoms with Crippen LogP contribution in [0.1, 0.15) is 24.0 Å². The van der Waals surface area contributed by atoms with Crippen LogP contribution in [0.25, 0.3) is 0 Å². The lowest BCUT2D eigenvalue weighted by Crippen LogP contribution is -2.56. The van der Waals surface area contributed by atoms with Gasteiger partial charge in [0, 0.05) is 6.54 Å². The number of piperidine rings is 1. The second kappa shape index (κ2) is 9.48. The van der Waals surface area contributed by atoms with Gasteiger partial charge in [-0.3, -0.25) is 5.32 Å². The van der Waals surface area contributed by atoms with Gasteiger partial charge >= 0.3 is 0 Å². The van der Waals surface area contributed by atoms with E-state index in [-0.39, 0.29) is 23.2 Å². The molecular formula is C25H26F2N2O2S. The summed E-state index contributed by atoms with van der Waals surface area (Å²) in [5, 5.41) is 6.65. The third-order valence-corrected chi connectivity index (χ3v) is 8.59. The molecule has 168 valence electrons. The fourth-order valence-corrected chi connectivity index (χ4v) is 6.77. The molecule has 1 fully saturated rings. The largest absolute Gasteiger partial charge is 0.317 e. The van der Waals surface area contributed by atoms with Crippen molar-refractivity contribution in [1.82, 2.24) is 10.6 Å². The number of nitrogens with one attached hydrogen (secondary N) is 2. The Bertz CT molecular complexity index is 1130. The van der Waals surface area contributed by atoms with Crippen molar-refractivity contribution in [2.75, 3.05) is 13.1 Å². The standard InChI is InChI=1S/C25H26F2N2O2S/c26-22-10-6-19(7-11-22)18-29-25(21-14-16-28-17-15-21,20-8-12-23(27)13-9-20)32(30,31)24-4-2-1-3-5-24/h1-13,21,28-29H,14-18H2. The zero-order chi connectivity index (χ0) is 22.6. The van der Waals surface area contributed by atoms with E-state index in [1.807, 2.05) is 0 Å². The summed E-state index contributed by atoms with van der Waals surface area (Å²) in [5.41, 5.74) is 1.26. The summed E-state index contributed by atoms with van der Waals surface area (Å²) in [5.74, 6) is -1.03. The van der Waals surface area contributed by atoms with Crippen molar-refractivity contribution in [2.24, 2.45) is 5.92 Å². The Labute approximate surface area is 187 Å². The van der Waals surface area contributed by atoms with Gasteiger partial charge in [0.2, 0.25) is 9.84 Å². The number of benzene rings is 3. The maximum absolute atomic E-state index is 14.3. The molecule has 3 aromatic carbocycles. The van der Waals surface area contributed by atoms with Crippen LogP contribution in [0.3, 0.4) is 0 Å². The van der Waals surface area contributed by atoms with Gasteiger partial charge < -0.3 is 5.32 Å². The Balaban J connectivity index is 1.88. The summed E-state index contributed by atoms with van der Waals surface area (Å²) in [6.07, 6.45) is 1.28. The first kappa shape index (κ1) is 22.6. The third kappa shape index (κ3) is 4.33. The summed E-state index contributed by atoms with van der Waals surface area (Å²) >= 11 is 0. The minimum atomic E-state index is -3.94. The smallest absolute Gasteiger partial charge is 0.201 e. The highest BCUT2D eigenvalue weighted by Crippen LogP contribution is 2.43. The summed E-state index contributed by atoms with van der Waals surface area (Å²) in [6.45, 7) is 1.60. The highest BCUT2D eigenvalue weighted by atomic mass is 32.2. The molecule has 1 heterocycles. The molecule has 1 aliphatic rings. The quantitative estimate of drug-likeness (QED) is 0.554. The lowest BCUT2D eigenvalue weighted by Gasteiger charge is -2.43. The van der Waals surface area contributed by atoms with Crippen LogP contribution < -0.4 is 10.6 Å². The van der Waals surface area contributed by atoms with Crippen LogP contribution in [0.5, 0.6) is 0 Å². The van der Waals surface area contributed by atoms with Crippen molar-refractivity contribution >= 4 is 9.84 Å². The number of halogens is 2. The molecule has 1 atom stereocenters. The molecule has 4 nitrogen and oxygen atoms in total. The van der Waals surface area contributed by atoms with Crippen molar-refractivity contribution < 1.29 is 17.2 Å². The third-order valence-electron chi connectivity index (χ3n) is 6.13. The first-order valence-corrected chi connectivity index (χ1v) is 12.2. The predicted molar refractivity (Wildman–Crippen MR) is 121 cm³/mol. The Hall–Kier alpha value is -2.61. The molecule has 7 heteroatoms. The topological polar surface area (TPSA) is 58.2 Å². The molecule has 32 heavy (non-hydrogen) atoms.